The van der Waals surface area contributed by atoms with E-state index in [0.717, 1.165) is 116 Å². The number of esters is 2. The minimum atomic E-state index is -0.886. The molecule has 356 valence electrons. The van der Waals surface area contributed by atoms with Crippen molar-refractivity contribution >= 4 is 17.9 Å². The molecular formula is C55H90NO7+. The molecule has 0 aliphatic heterocycles. The highest BCUT2D eigenvalue weighted by Crippen LogP contribution is 2.13. The van der Waals surface area contributed by atoms with Crippen LogP contribution in [0.15, 0.2) is 109 Å². The molecule has 0 saturated carbocycles. The quantitative estimate of drug-likeness (QED) is 0.0282. The molecule has 2 atom stereocenters. The summed E-state index contributed by atoms with van der Waals surface area (Å²) in [6.07, 6.45) is 61.3. The zero-order valence-corrected chi connectivity index (χ0v) is 40.5. The van der Waals surface area contributed by atoms with Crippen LogP contribution in [0.1, 0.15) is 168 Å². The number of carbonyl (C=O) groups is 3. The standard InChI is InChI=1S/C55H89NO7/c1-6-8-10-12-14-16-18-20-22-24-25-26-27-28-29-30-32-34-36-38-40-42-44-46-54(58)63-51(49-61-48-47-52(55(59)60)56(3,4)5)50-62-53(57)45-43-41-39-37-35-33-31-23-21-19-17-15-13-11-9-7-2/h8-11,14-17,20-23,25-26,28-29,33,35,51-52H,6-7,12-13,18-19,24,27,30-32,34,36-50H2,1-5H3/p+1/b10-8+,11-9+,16-14+,17-15+,22-20+,23-21+,26-25+,29-28+,35-33+. The topological polar surface area (TPSA) is 99.1 Å². The SMILES string of the molecule is CC/C=C/C/C=C/C/C=C/C/C=C/C/C=C/CCCCCCCCCC(=O)OC(COCCC(C(=O)O)[N+](C)(C)C)COC(=O)CCCCC/C=C/C/C=C/C/C=C/C/C=C/CC. The first-order valence-electron chi connectivity index (χ1n) is 24.4. The Balaban J connectivity index is 4.36. The maximum absolute atomic E-state index is 12.8. The van der Waals surface area contributed by atoms with E-state index in [2.05, 4.69) is 123 Å². The third-order valence-electron chi connectivity index (χ3n) is 10.2. The van der Waals surface area contributed by atoms with Crippen LogP contribution in [0.3, 0.4) is 0 Å². The first-order chi connectivity index (χ1) is 30.6. The molecule has 0 saturated heterocycles. The van der Waals surface area contributed by atoms with Crippen LogP contribution in [0.4, 0.5) is 0 Å². The van der Waals surface area contributed by atoms with Gasteiger partial charge in [0.15, 0.2) is 12.1 Å². The van der Waals surface area contributed by atoms with Gasteiger partial charge in [0.05, 0.1) is 34.4 Å². The highest BCUT2D eigenvalue weighted by molar-refractivity contribution is 5.72. The van der Waals surface area contributed by atoms with Crippen LogP contribution < -0.4 is 0 Å². The maximum atomic E-state index is 12.8. The lowest BCUT2D eigenvalue weighted by Crippen LogP contribution is -2.50. The van der Waals surface area contributed by atoms with Gasteiger partial charge in [-0.2, -0.15) is 0 Å². The predicted octanol–water partition coefficient (Wildman–Crippen LogP) is 14.0. The van der Waals surface area contributed by atoms with Gasteiger partial charge in [-0.1, -0.05) is 162 Å². The minimum Gasteiger partial charge on any atom is -0.477 e. The Bertz CT molecular complexity index is 1390. The number of nitrogens with zero attached hydrogens (tertiary/aromatic N) is 1. The number of quaternary nitrogens is 1. The van der Waals surface area contributed by atoms with E-state index in [1.54, 1.807) is 0 Å². The van der Waals surface area contributed by atoms with Crippen LogP contribution in [0.25, 0.3) is 0 Å². The van der Waals surface area contributed by atoms with E-state index in [1.165, 1.54) is 19.3 Å². The molecule has 0 aliphatic rings. The molecule has 0 aromatic carbocycles. The number of carboxylic acids is 1. The van der Waals surface area contributed by atoms with Gasteiger partial charge in [0.1, 0.15) is 6.61 Å². The second kappa shape index (κ2) is 44.6. The van der Waals surface area contributed by atoms with Crippen molar-refractivity contribution in [2.24, 2.45) is 0 Å². The third kappa shape index (κ3) is 43.0. The lowest BCUT2D eigenvalue weighted by Gasteiger charge is -2.31. The van der Waals surface area contributed by atoms with Crippen LogP contribution in [0, 0.1) is 0 Å². The number of hydrogen-bond donors (Lipinski definition) is 1. The average molecular weight is 877 g/mol. The van der Waals surface area contributed by atoms with Gasteiger partial charge >= 0.3 is 17.9 Å². The van der Waals surface area contributed by atoms with Crippen LogP contribution >= 0.6 is 0 Å². The Labute approximate surface area is 385 Å². The van der Waals surface area contributed by atoms with Gasteiger partial charge in [0, 0.05) is 19.3 Å². The summed E-state index contributed by atoms with van der Waals surface area (Å²) in [4.78, 5) is 37.1. The van der Waals surface area contributed by atoms with Gasteiger partial charge in [-0.05, 0) is 96.3 Å². The Morgan fingerprint density at radius 1 is 0.476 bits per heavy atom. The molecule has 8 nitrogen and oxygen atoms in total. The number of rotatable bonds is 42. The summed E-state index contributed by atoms with van der Waals surface area (Å²) in [6.45, 7) is 4.45. The van der Waals surface area contributed by atoms with Crippen molar-refractivity contribution in [1.82, 2.24) is 0 Å². The number of aliphatic carboxylic acids is 1. The number of hydrogen-bond acceptors (Lipinski definition) is 6. The fourth-order valence-corrected chi connectivity index (χ4v) is 6.46. The van der Waals surface area contributed by atoms with E-state index >= 15 is 0 Å². The van der Waals surface area contributed by atoms with Gasteiger partial charge in [-0.25, -0.2) is 4.79 Å². The van der Waals surface area contributed by atoms with Crippen LogP contribution in [-0.2, 0) is 28.6 Å². The summed E-state index contributed by atoms with van der Waals surface area (Å²) in [6, 6.07) is -0.629. The number of unbranched alkanes of at least 4 members (excludes halogenated alkanes) is 10. The number of likely N-dealkylation sites (N-methyl/N-ethyl adjacent to an activating group) is 1. The van der Waals surface area contributed by atoms with Crippen LogP contribution in [-0.4, -0.2) is 80.6 Å². The zero-order chi connectivity index (χ0) is 46.3. The second-order valence-corrected chi connectivity index (χ2v) is 17.0. The Morgan fingerprint density at radius 3 is 1.25 bits per heavy atom. The molecule has 0 fully saturated rings. The number of allylic oxidation sites excluding steroid dienone is 18. The molecule has 0 spiro atoms. The normalized spacial score (nSPS) is 13.9. The van der Waals surface area contributed by atoms with Crippen molar-refractivity contribution in [3.8, 4) is 0 Å². The molecule has 0 bridgehead atoms. The van der Waals surface area contributed by atoms with E-state index in [-0.39, 0.29) is 36.2 Å². The van der Waals surface area contributed by atoms with Crippen molar-refractivity contribution in [3.05, 3.63) is 109 Å². The Kier molecular flexibility index (Phi) is 41.8. The molecule has 0 rings (SSSR count). The molecule has 2 unspecified atom stereocenters. The van der Waals surface area contributed by atoms with Crippen molar-refractivity contribution in [2.75, 3.05) is 41.0 Å². The van der Waals surface area contributed by atoms with Crippen molar-refractivity contribution in [3.63, 3.8) is 0 Å². The second-order valence-electron chi connectivity index (χ2n) is 17.0. The molecule has 8 heteroatoms. The molecule has 0 aromatic rings. The molecule has 0 heterocycles. The van der Waals surface area contributed by atoms with E-state index < -0.39 is 18.1 Å². The van der Waals surface area contributed by atoms with Gasteiger partial charge in [-0.15, -0.1) is 0 Å². The Morgan fingerprint density at radius 2 is 0.841 bits per heavy atom. The first-order valence-corrected chi connectivity index (χ1v) is 24.4. The van der Waals surface area contributed by atoms with Crippen molar-refractivity contribution in [2.45, 2.75) is 180 Å². The molecular weight excluding hydrogens is 787 g/mol. The lowest BCUT2D eigenvalue weighted by atomic mass is 10.1. The van der Waals surface area contributed by atoms with Gasteiger partial charge in [0.2, 0.25) is 0 Å². The van der Waals surface area contributed by atoms with Crippen molar-refractivity contribution in [1.29, 1.82) is 0 Å². The van der Waals surface area contributed by atoms with Crippen LogP contribution in [0.2, 0.25) is 0 Å². The molecule has 0 amide bonds. The first kappa shape index (κ1) is 59.0. The van der Waals surface area contributed by atoms with E-state index in [4.69, 9.17) is 14.2 Å². The number of carbonyl (C=O) groups excluding carboxylic acids is 2. The highest BCUT2D eigenvalue weighted by Gasteiger charge is 2.31. The molecule has 0 aliphatic carbocycles. The van der Waals surface area contributed by atoms with Gasteiger partial charge < -0.3 is 23.8 Å². The van der Waals surface area contributed by atoms with E-state index in [9.17, 15) is 19.5 Å². The summed E-state index contributed by atoms with van der Waals surface area (Å²) < 4.78 is 17.3. The third-order valence-corrected chi connectivity index (χ3v) is 10.2. The van der Waals surface area contributed by atoms with E-state index in [1.807, 2.05) is 21.1 Å². The summed E-state index contributed by atoms with van der Waals surface area (Å²) in [5, 5.41) is 9.65. The van der Waals surface area contributed by atoms with Gasteiger partial charge in [-0.3, -0.25) is 9.59 Å². The van der Waals surface area contributed by atoms with Crippen molar-refractivity contribution < 1.29 is 38.2 Å². The number of carboxylic acid groups (broad SMARTS) is 1. The average Bonchev–Trinajstić information content (AvgIpc) is 3.24. The minimum absolute atomic E-state index is 0.0387. The number of ether oxygens (including phenoxy) is 3. The predicted molar refractivity (Wildman–Crippen MR) is 266 cm³/mol. The molecule has 63 heavy (non-hydrogen) atoms. The van der Waals surface area contributed by atoms with Gasteiger partial charge in [0.25, 0.3) is 0 Å². The van der Waals surface area contributed by atoms with E-state index in [0.29, 0.717) is 19.3 Å². The smallest absolute Gasteiger partial charge is 0.362 e. The largest absolute Gasteiger partial charge is 0.477 e. The lowest BCUT2D eigenvalue weighted by molar-refractivity contribution is -0.887. The summed E-state index contributed by atoms with van der Waals surface area (Å²) in [5.41, 5.74) is 0. The molecule has 0 aromatic heterocycles. The summed E-state index contributed by atoms with van der Waals surface area (Å²) in [7, 11) is 5.51. The van der Waals surface area contributed by atoms with Crippen LogP contribution in [0.5, 0.6) is 0 Å². The molecule has 0 radical (unpaired) electrons. The fourth-order valence-electron chi connectivity index (χ4n) is 6.46. The highest BCUT2D eigenvalue weighted by atomic mass is 16.6. The maximum Gasteiger partial charge on any atom is 0.362 e. The Hall–Kier alpha value is -4.01. The zero-order valence-electron chi connectivity index (χ0n) is 40.5. The monoisotopic (exact) mass is 877 g/mol. The summed E-state index contributed by atoms with van der Waals surface area (Å²) in [5.74, 6) is -1.54. The molecule has 1 N–H and O–H groups in total. The fraction of sp³-hybridized carbons (Fsp3) is 0.618. The summed E-state index contributed by atoms with van der Waals surface area (Å²) >= 11 is 0.